The highest BCUT2D eigenvalue weighted by molar-refractivity contribution is 5.87. The summed E-state index contributed by atoms with van der Waals surface area (Å²) in [6.07, 6.45) is 0. The lowest BCUT2D eigenvalue weighted by atomic mass is 10.0. The second-order valence-electron chi connectivity index (χ2n) is 5.99. The highest BCUT2D eigenvalue weighted by Crippen LogP contribution is 2.21. The van der Waals surface area contributed by atoms with Gasteiger partial charge in [0, 0.05) is 33.7 Å². The Morgan fingerprint density at radius 3 is 2.50 bits per heavy atom. The van der Waals surface area contributed by atoms with E-state index in [0.29, 0.717) is 19.7 Å². The van der Waals surface area contributed by atoms with E-state index >= 15 is 0 Å². The number of carboxylic acids is 1. The second kappa shape index (κ2) is 6.46. The number of carboxylic acid groups (broad SMARTS) is 1. The SMILES string of the molecule is CN(C)C(=O)[C@@]1(C)CN(Cc2ccc(C(=O)O)cc2)CCO1. The Labute approximate surface area is 130 Å². The number of ether oxygens (including phenoxy) is 1. The number of aromatic carboxylic acids is 1. The van der Waals surface area contributed by atoms with Gasteiger partial charge in [0.05, 0.1) is 12.2 Å². The maximum atomic E-state index is 12.2. The number of amides is 1. The van der Waals surface area contributed by atoms with Gasteiger partial charge in [-0.1, -0.05) is 12.1 Å². The monoisotopic (exact) mass is 306 g/mol. The third kappa shape index (κ3) is 3.64. The van der Waals surface area contributed by atoms with Gasteiger partial charge in [0.2, 0.25) is 0 Å². The van der Waals surface area contributed by atoms with Crippen LogP contribution in [0.1, 0.15) is 22.8 Å². The third-order valence-corrected chi connectivity index (χ3v) is 3.82. The predicted octanol–water partition coefficient (Wildman–Crippen LogP) is 1.06. The van der Waals surface area contributed by atoms with E-state index in [4.69, 9.17) is 9.84 Å². The summed E-state index contributed by atoms with van der Waals surface area (Å²) in [4.78, 5) is 26.8. The molecular formula is C16H22N2O4. The molecule has 22 heavy (non-hydrogen) atoms. The van der Waals surface area contributed by atoms with Crippen molar-refractivity contribution < 1.29 is 19.4 Å². The van der Waals surface area contributed by atoms with Gasteiger partial charge in [0.1, 0.15) is 0 Å². The quantitative estimate of drug-likeness (QED) is 0.901. The molecule has 0 bridgehead atoms. The number of rotatable bonds is 4. The minimum Gasteiger partial charge on any atom is -0.478 e. The van der Waals surface area contributed by atoms with Crippen LogP contribution in [0.2, 0.25) is 0 Å². The predicted molar refractivity (Wildman–Crippen MR) is 81.7 cm³/mol. The van der Waals surface area contributed by atoms with Crippen LogP contribution in [0, 0.1) is 0 Å². The summed E-state index contributed by atoms with van der Waals surface area (Å²) >= 11 is 0. The molecule has 0 unspecified atom stereocenters. The molecule has 1 fully saturated rings. The fourth-order valence-corrected chi connectivity index (χ4v) is 2.70. The molecule has 1 atom stereocenters. The molecule has 6 nitrogen and oxygen atoms in total. The van der Waals surface area contributed by atoms with E-state index < -0.39 is 11.6 Å². The van der Waals surface area contributed by atoms with Gasteiger partial charge in [-0.05, 0) is 24.6 Å². The molecule has 120 valence electrons. The Balaban J connectivity index is 2.04. The van der Waals surface area contributed by atoms with E-state index in [1.165, 1.54) is 0 Å². The van der Waals surface area contributed by atoms with Crippen LogP contribution < -0.4 is 0 Å². The summed E-state index contributed by atoms with van der Waals surface area (Å²) < 4.78 is 5.70. The molecule has 1 heterocycles. The lowest BCUT2D eigenvalue weighted by Crippen LogP contribution is -2.57. The molecule has 0 aliphatic carbocycles. The standard InChI is InChI=1S/C16H22N2O4/c1-16(15(21)17(2)3)11-18(8-9-22-16)10-12-4-6-13(7-5-12)14(19)20/h4-7H,8-11H2,1-3H3,(H,19,20)/t16-/m1/s1. The van der Waals surface area contributed by atoms with Gasteiger partial charge < -0.3 is 14.7 Å². The molecule has 1 aliphatic rings. The molecule has 0 radical (unpaired) electrons. The van der Waals surface area contributed by atoms with Crippen LogP contribution in [0.3, 0.4) is 0 Å². The van der Waals surface area contributed by atoms with Gasteiger partial charge in [0.15, 0.2) is 5.60 Å². The van der Waals surface area contributed by atoms with Crippen LogP contribution in [-0.2, 0) is 16.1 Å². The van der Waals surface area contributed by atoms with Gasteiger partial charge >= 0.3 is 5.97 Å². The zero-order valence-corrected chi connectivity index (χ0v) is 13.2. The van der Waals surface area contributed by atoms with Crippen LogP contribution in [0.25, 0.3) is 0 Å². The van der Waals surface area contributed by atoms with Gasteiger partial charge in [-0.25, -0.2) is 4.79 Å². The van der Waals surface area contributed by atoms with Gasteiger partial charge in [-0.3, -0.25) is 9.69 Å². The van der Waals surface area contributed by atoms with E-state index in [1.54, 1.807) is 31.1 Å². The molecule has 1 aromatic carbocycles. The van der Waals surface area contributed by atoms with Crippen molar-refractivity contribution in [3.63, 3.8) is 0 Å². The summed E-state index contributed by atoms with van der Waals surface area (Å²) in [5, 5.41) is 8.91. The maximum Gasteiger partial charge on any atom is 0.335 e. The van der Waals surface area contributed by atoms with Gasteiger partial charge in [-0.15, -0.1) is 0 Å². The number of carbonyl (C=O) groups is 2. The normalized spacial score (nSPS) is 22.3. The fourth-order valence-electron chi connectivity index (χ4n) is 2.70. The number of hydrogen-bond donors (Lipinski definition) is 1. The topological polar surface area (TPSA) is 70.1 Å². The third-order valence-electron chi connectivity index (χ3n) is 3.82. The summed E-state index contributed by atoms with van der Waals surface area (Å²) in [6, 6.07) is 6.82. The van der Waals surface area contributed by atoms with Crippen molar-refractivity contribution in [1.82, 2.24) is 9.80 Å². The molecule has 0 aromatic heterocycles. The van der Waals surface area contributed by atoms with Crippen LogP contribution in [-0.4, -0.2) is 66.2 Å². The first-order valence-electron chi connectivity index (χ1n) is 7.22. The summed E-state index contributed by atoms with van der Waals surface area (Å²) in [5.41, 5.74) is 0.466. The summed E-state index contributed by atoms with van der Waals surface area (Å²) in [5.74, 6) is -0.972. The van der Waals surface area contributed by atoms with E-state index in [1.807, 2.05) is 19.1 Å². The molecule has 1 aliphatic heterocycles. The molecule has 1 N–H and O–H groups in total. The maximum absolute atomic E-state index is 12.2. The molecular weight excluding hydrogens is 284 g/mol. The lowest BCUT2D eigenvalue weighted by molar-refractivity contribution is -0.165. The van der Waals surface area contributed by atoms with Crippen molar-refractivity contribution >= 4 is 11.9 Å². The Hall–Kier alpha value is -1.92. The highest BCUT2D eigenvalue weighted by atomic mass is 16.5. The number of carbonyl (C=O) groups excluding carboxylic acids is 1. The average molecular weight is 306 g/mol. The second-order valence-corrected chi connectivity index (χ2v) is 5.99. The number of morpholine rings is 1. The smallest absolute Gasteiger partial charge is 0.335 e. The van der Waals surface area contributed by atoms with Crippen molar-refractivity contribution in [3.8, 4) is 0 Å². The van der Waals surface area contributed by atoms with Crippen molar-refractivity contribution in [2.24, 2.45) is 0 Å². The highest BCUT2D eigenvalue weighted by Gasteiger charge is 2.40. The average Bonchev–Trinajstić information content (AvgIpc) is 2.47. The Kier molecular flexibility index (Phi) is 4.83. The van der Waals surface area contributed by atoms with Crippen LogP contribution >= 0.6 is 0 Å². The van der Waals surface area contributed by atoms with Crippen molar-refractivity contribution in [2.75, 3.05) is 33.8 Å². The number of benzene rings is 1. The minimum atomic E-state index is -0.929. The Morgan fingerprint density at radius 1 is 1.32 bits per heavy atom. The zero-order chi connectivity index (χ0) is 16.3. The van der Waals surface area contributed by atoms with E-state index in [0.717, 1.165) is 12.1 Å². The van der Waals surface area contributed by atoms with E-state index in [2.05, 4.69) is 4.90 Å². The largest absolute Gasteiger partial charge is 0.478 e. The number of hydrogen-bond acceptors (Lipinski definition) is 4. The van der Waals surface area contributed by atoms with Crippen LogP contribution in [0.15, 0.2) is 24.3 Å². The van der Waals surface area contributed by atoms with E-state index in [9.17, 15) is 9.59 Å². The van der Waals surface area contributed by atoms with Crippen molar-refractivity contribution in [1.29, 1.82) is 0 Å². The zero-order valence-electron chi connectivity index (χ0n) is 13.2. The molecule has 1 saturated heterocycles. The number of nitrogens with zero attached hydrogens (tertiary/aromatic N) is 2. The Morgan fingerprint density at radius 2 is 1.95 bits per heavy atom. The first-order chi connectivity index (χ1) is 10.3. The summed E-state index contributed by atoms with van der Waals surface area (Å²) in [7, 11) is 3.45. The number of likely N-dealkylation sites (N-methyl/N-ethyl adjacent to an activating group) is 1. The fraction of sp³-hybridized carbons (Fsp3) is 0.500. The molecule has 6 heteroatoms. The Bertz CT molecular complexity index is 556. The lowest BCUT2D eigenvalue weighted by Gasteiger charge is -2.40. The van der Waals surface area contributed by atoms with Crippen molar-refractivity contribution in [2.45, 2.75) is 19.1 Å². The minimum absolute atomic E-state index is 0.0431. The molecule has 2 rings (SSSR count). The van der Waals surface area contributed by atoms with Crippen LogP contribution in [0.4, 0.5) is 0 Å². The summed E-state index contributed by atoms with van der Waals surface area (Å²) in [6.45, 7) is 4.25. The molecule has 1 amide bonds. The molecule has 1 aromatic rings. The van der Waals surface area contributed by atoms with Gasteiger partial charge in [0.25, 0.3) is 5.91 Å². The van der Waals surface area contributed by atoms with Gasteiger partial charge in [-0.2, -0.15) is 0 Å². The molecule has 0 saturated carbocycles. The first kappa shape index (κ1) is 16.5. The van der Waals surface area contributed by atoms with Crippen LogP contribution in [0.5, 0.6) is 0 Å². The molecule has 0 spiro atoms. The first-order valence-corrected chi connectivity index (χ1v) is 7.22. The van der Waals surface area contributed by atoms with Crippen molar-refractivity contribution in [3.05, 3.63) is 35.4 Å². The van der Waals surface area contributed by atoms with E-state index in [-0.39, 0.29) is 11.5 Å².